The van der Waals surface area contributed by atoms with Crippen molar-refractivity contribution in [2.45, 2.75) is 0 Å². The first-order chi connectivity index (χ1) is 9.47. The molecule has 0 bridgehead atoms. The van der Waals surface area contributed by atoms with Gasteiger partial charge in [-0.15, -0.1) is 0 Å². The summed E-state index contributed by atoms with van der Waals surface area (Å²) in [5.41, 5.74) is -0.901. The van der Waals surface area contributed by atoms with Crippen LogP contribution in [0.15, 0.2) is 42.5 Å². The van der Waals surface area contributed by atoms with Gasteiger partial charge in [0.15, 0.2) is 0 Å². The fraction of sp³-hybridized carbons (Fsp3) is 0. The summed E-state index contributed by atoms with van der Waals surface area (Å²) >= 11 is 0. The van der Waals surface area contributed by atoms with E-state index >= 15 is 0 Å². The molecule has 1 N–H and O–H groups in total. The SMILES string of the molecule is O=[N+]([O-])c1ccc(Oc2ccc(O)cc2)c([N+](=O)[O-])c1. The molecule has 0 unspecified atom stereocenters. The molecule has 0 saturated carbocycles. The van der Waals surface area contributed by atoms with Gasteiger partial charge in [0.1, 0.15) is 11.5 Å². The number of hydrogen-bond acceptors (Lipinski definition) is 6. The van der Waals surface area contributed by atoms with Gasteiger partial charge in [0.25, 0.3) is 5.69 Å². The maximum atomic E-state index is 10.9. The van der Waals surface area contributed by atoms with Crippen molar-refractivity contribution in [2.24, 2.45) is 0 Å². The Labute approximate surface area is 112 Å². The number of nitrogens with zero attached hydrogens (tertiary/aromatic N) is 2. The normalized spacial score (nSPS) is 10.0. The van der Waals surface area contributed by atoms with E-state index < -0.39 is 21.2 Å². The first kappa shape index (κ1) is 13.3. The molecule has 0 fully saturated rings. The Hall–Kier alpha value is -3.16. The van der Waals surface area contributed by atoms with E-state index in [9.17, 15) is 20.2 Å². The first-order valence-corrected chi connectivity index (χ1v) is 5.37. The van der Waals surface area contributed by atoms with Crippen LogP contribution in [0.5, 0.6) is 17.2 Å². The van der Waals surface area contributed by atoms with Crippen molar-refractivity contribution in [1.29, 1.82) is 0 Å². The van der Waals surface area contributed by atoms with Crippen LogP contribution in [0.1, 0.15) is 0 Å². The summed E-state index contributed by atoms with van der Waals surface area (Å²) < 4.78 is 5.29. The van der Waals surface area contributed by atoms with Gasteiger partial charge in [-0.3, -0.25) is 20.2 Å². The number of non-ortho nitro benzene ring substituents is 1. The molecule has 0 radical (unpaired) electrons. The third-order valence-corrected chi connectivity index (χ3v) is 2.41. The second kappa shape index (κ2) is 5.22. The number of benzene rings is 2. The van der Waals surface area contributed by atoms with E-state index in [1.54, 1.807) is 0 Å². The van der Waals surface area contributed by atoms with Crippen molar-refractivity contribution in [3.8, 4) is 17.2 Å². The molecule has 0 aromatic heterocycles. The van der Waals surface area contributed by atoms with E-state index in [0.29, 0.717) is 0 Å². The number of rotatable bonds is 4. The Bertz CT molecular complexity index is 668. The van der Waals surface area contributed by atoms with Gasteiger partial charge in [-0.1, -0.05) is 0 Å². The summed E-state index contributed by atoms with van der Waals surface area (Å²) in [4.78, 5) is 20.0. The number of aromatic hydroxyl groups is 1. The standard InChI is InChI=1S/C12H8N2O6/c15-9-2-4-10(5-3-9)20-12-6-1-8(13(16)17)7-11(12)14(18)19/h1-7,15H. The molecule has 2 rings (SSSR count). The largest absolute Gasteiger partial charge is 0.508 e. The van der Waals surface area contributed by atoms with Gasteiger partial charge >= 0.3 is 5.69 Å². The third-order valence-electron chi connectivity index (χ3n) is 2.41. The van der Waals surface area contributed by atoms with Crippen LogP contribution in [-0.4, -0.2) is 15.0 Å². The van der Waals surface area contributed by atoms with Crippen molar-refractivity contribution in [3.63, 3.8) is 0 Å². The van der Waals surface area contributed by atoms with E-state index in [1.807, 2.05) is 0 Å². The number of ether oxygens (including phenoxy) is 1. The van der Waals surface area contributed by atoms with E-state index in [-0.39, 0.29) is 17.2 Å². The smallest absolute Gasteiger partial charge is 0.318 e. The summed E-state index contributed by atoms with van der Waals surface area (Å²) in [6.07, 6.45) is 0. The first-order valence-electron chi connectivity index (χ1n) is 5.37. The lowest BCUT2D eigenvalue weighted by molar-refractivity contribution is -0.394. The maximum Gasteiger partial charge on any atom is 0.318 e. The highest BCUT2D eigenvalue weighted by molar-refractivity contribution is 5.54. The second-order valence-corrected chi connectivity index (χ2v) is 3.76. The zero-order valence-corrected chi connectivity index (χ0v) is 9.92. The van der Waals surface area contributed by atoms with Crippen LogP contribution in [0.4, 0.5) is 11.4 Å². The Kier molecular flexibility index (Phi) is 3.47. The molecule has 2 aromatic carbocycles. The van der Waals surface area contributed by atoms with Gasteiger partial charge in [-0.25, -0.2) is 0 Å². The monoisotopic (exact) mass is 276 g/mol. The lowest BCUT2D eigenvalue weighted by Gasteiger charge is -2.06. The molecule has 20 heavy (non-hydrogen) atoms. The van der Waals surface area contributed by atoms with Crippen molar-refractivity contribution in [3.05, 3.63) is 62.7 Å². The molecule has 8 heteroatoms. The van der Waals surface area contributed by atoms with E-state index in [2.05, 4.69) is 0 Å². The molecule has 0 heterocycles. The summed E-state index contributed by atoms with van der Waals surface area (Å²) in [6, 6.07) is 8.64. The quantitative estimate of drug-likeness (QED) is 0.677. The molecule has 0 aliphatic carbocycles. The number of hydrogen-bond donors (Lipinski definition) is 1. The topological polar surface area (TPSA) is 116 Å². The van der Waals surface area contributed by atoms with Gasteiger partial charge in [-0.05, 0) is 30.3 Å². The Morgan fingerprint density at radius 1 is 0.950 bits per heavy atom. The molecule has 0 atom stereocenters. The Morgan fingerprint density at radius 2 is 1.60 bits per heavy atom. The fourth-order valence-corrected chi connectivity index (χ4v) is 1.49. The number of phenols is 1. The third kappa shape index (κ3) is 2.80. The zero-order valence-electron chi connectivity index (χ0n) is 9.92. The van der Waals surface area contributed by atoms with Crippen LogP contribution in [0.2, 0.25) is 0 Å². The molecule has 102 valence electrons. The van der Waals surface area contributed by atoms with Crippen LogP contribution in [0.3, 0.4) is 0 Å². The van der Waals surface area contributed by atoms with Crippen molar-refractivity contribution in [2.75, 3.05) is 0 Å². The predicted molar refractivity (Wildman–Crippen MR) is 67.9 cm³/mol. The van der Waals surface area contributed by atoms with Crippen molar-refractivity contribution in [1.82, 2.24) is 0 Å². The van der Waals surface area contributed by atoms with Crippen LogP contribution in [0.25, 0.3) is 0 Å². The second-order valence-electron chi connectivity index (χ2n) is 3.76. The van der Waals surface area contributed by atoms with Crippen LogP contribution in [0, 0.1) is 20.2 Å². The molecule has 0 spiro atoms. The molecule has 0 aliphatic heterocycles. The molecule has 8 nitrogen and oxygen atoms in total. The van der Waals surface area contributed by atoms with E-state index in [4.69, 9.17) is 9.84 Å². The van der Waals surface area contributed by atoms with E-state index in [1.165, 1.54) is 24.3 Å². The van der Waals surface area contributed by atoms with E-state index in [0.717, 1.165) is 18.2 Å². The molecule has 0 aliphatic rings. The van der Waals surface area contributed by atoms with Gasteiger partial charge < -0.3 is 9.84 Å². The minimum Gasteiger partial charge on any atom is -0.508 e. The molecule has 0 saturated heterocycles. The minimum absolute atomic E-state index is 0.0237. The van der Waals surface area contributed by atoms with Gasteiger partial charge in [-0.2, -0.15) is 0 Å². The van der Waals surface area contributed by atoms with Gasteiger partial charge in [0, 0.05) is 6.07 Å². The lowest BCUT2D eigenvalue weighted by atomic mass is 10.2. The van der Waals surface area contributed by atoms with Crippen LogP contribution in [-0.2, 0) is 0 Å². The average molecular weight is 276 g/mol. The van der Waals surface area contributed by atoms with Crippen molar-refractivity contribution < 1.29 is 19.7 Å². The summed E-state index contributed by atoms with van der Waals surface area (Å²) in [6.45, 7) is 0. The number of phenolic OH excluding ortho intramolecular Hbond substituents is 1. The summed E-state index contributed by atoms with van der Waals surface area (Å²) in [5.74, 6) is 0.168. The van der Waals surface area contributed by atoms with Gasteiger partial charge in [0.2, 0.25) is 5.75 Å². The molecule has 0 amide bonds. The number of nitro benzene ring substituents is 2. The lowest BCUT2D eigenvalue weighted by Crippen LogP contribution is -1.96. The highest BCUT2D eigenvalue weighted by Gasteiger charge is 2.21. The highest BCUT2D eigenvalue weighted by Crippen LogP contribution is 2.34. The predicted octanol–water partition coefficient (Wildman–Crippen LogP) is 3.00. The Morgan fingerprint density at radius 3 is 2.15 bits per heavy atom. The summed E-state index contributed by atoms with van der Waals surface area (Å²) in [7, 11) is 0. The molecule has 2 aromatic rings. The van der Waals surface area contributed by atoms with Crippen LogP contribution >= 0.6 is 0 Å². The molecular weight excluding hydrogens is 268 g/mol. The van der Waals surface area contributed by atoms with Crippen LogP contribution < -0.4 is 4.74 Å². The number of nitro groups is 2. The average Bonchev–Trinajstić information content (AvgIpc) is 2.41. The van der Waals surface area contributed by atoms with Gasteiger partial charge in [0.05, 0.1) is 15.9 Å². The molecular formula is C12H8N2O6. The zero-order chi connectivity index (χ0) is 14.7. The highest BCUT2D eigenvalue weighted by atomic mass is 16.6. The minimum atomic E-state index is -0.761. The summed E-state index contributed by atoms with van der Waals surface area (Å²) in [5, 5.41) is 30.6. The van der Waals surface area contributed by atoms with Crippen molar-refractivity contribution >= 4 is 11.4 Å². The fourth-order valence-electron chi connectivity index (χ4n) is 1.49. The maximum absolute atomic E-state index is 10.9. The Balaban J connectivity index is 2.38.